The molecule has 0 spiro atoms. The van der Waals surface area contributed by atoms with Gasteiger partial charge in [0.25, 0.3) is 0 Å². The van der Waals surface area contributed by atoms with E-state index in [-0.39, 0.29) is 5.54 Å². The zero-order valence-electron chi connectivity index (χ0n) is 13.0. The van der Waals surface area contributed by atoms with Crippen molar-refractivity contribution in [3.8, 4) is 0 Å². The fraction of sp³-hybridized carbons (Fsp3) is 0.667. The van der Waals surface area contributed by atoms with Gasteiger partial charge in [0.1, 0.15) is 0 Å². The molecule has 0 bridgehead atoms. The molecule has 0 unspecified atom stereocenters. The van der Waals surface area contributed by atoms with Crippen LogP contribution in [0.1, 0.15) is 43.6 Å². The summed E-state index contributed by atoms with van der Waals surface area (Å²) >= 11 is 0. The van der Waals surface area contributed by atoms with Crippen LogP contribution in [-0.2, 0) is 4.74 Å². The summed E-state index contributed by atoms with van der Waals surface area (Å²) in [5.41, 5.74) is 7.95. The summed E-state index contributed by atoms with van der Waals surface area (Å²) in [7, 11) is 0. The minimum absolute atomic E-state index is 0.221. The Labute approximate surface area is 128 Å². The predicted molar refractivity (Wildman–Crippen MR) is 86.4 cm³/mol. The fourth-order valence-electron chi connectivity index (χ4n) is 4.08. The van der Waals surface area contributed by atoms with E-state index in [4.69, 9.17) is 10.5 Å². The maximum Gasteiger partial charge on any atom is 0.0593 e. The predicted octanol–water partition coefficient (Wildman–Crippen LogP) is 2.76. The Morgan fingerprint density at radius 3 is 2.57 bits per heavy atom. The first-order valence-corrected chi connectivity index (χ1v) is 8.42. The summed E-state index contributed by atoms with van der Waals surface area (Å²) in [6.07, 6.45) is 6.12. The lowest BCUT2D eigenvalue weighted by Gasteiger charge is -2.47. The van der Waals surface area contributed by atoms with Crippen molar-refractivity contribution in [1.29, 1.82) is 0 Å². The van der Waals surface area contributed by atoms with Crippen LogP contribution in [0.25, 0.3) is 0 Å². The molecule has 1 saturated carbocycles. The van der Waals surface area contributed by atoms with Crippen LogP contribution >= 0.6 is 0 Å². The van der Waals surface area contributed by atoms with Gasteiger partial charge >= 0.3 is 0 Å². The van der Waals surface area contributed by atoms with Crippen molar-refractivity contribution in [2.75, 3.05) is 32.8 Å². The van der Waals surface area contributed by atoms with Crippen LogP contribution in [-0.4, -0.2) is 43.3 Å². The third-order valence-corrected chi connectivity index (χ3v) is 5.46. The summed E-state index contributed by atoms with van der Waals surface area (Å²) in [4.78, 5) is 2.63. The molecule has 0 atom stereocenters. The molecule has 1 aromatic rings. The van der Waals surface area contributed by atoms with Gasteiger partial charge in [-0.25, -0.2) is 0 Å². The summed E-state index contributed by atoms with van der Waals surface area (Å²) in [6.45, 7) is 4.75. The third-order valence-electron chi connectivity index (χ3n) is 5.46. The van der Waals surface area contributed by atoms with Crippen LogP contribution < -0.4 is 5.73 Å². The maximum absolute atomic E-state index is 6.22. The molecule has 2 fully saturated rings. The van der Waals surface area contributed by atoms with E-state index in [9.17, 15) is 0 Å². The lowest BCUT2D eigenvalue weighted by atomic mass is 9.73. The quantitative estimate of drug-likeness (QED) is 0.929. The number of rotatable bonds is 3. The lowest BCUT2D eigenvalue weighted by Crippen LogP contribution is -2.56. The molecule has 3 nitrogen and oxygen atoms in total. The van der Waals surface area contributed by atoms with Crippen LogP contribution in [0.4, 0.5) is 0 Å². The number of benzene rings is 1. The Morgan fingerprint density at radius 2 is 1.86 bits per heavy atom. The number of nitrogens with zero attached hydrogens (tertiary/aromatic N) is 1. The van der Waals surface area contributed by atoms with Crippen molar-refractivity contribution in [1.82, 2.24) is 4.90 Å². The zero-order valence-corrected chi connectivity index (χ0v) is 13.0. The van der Waals surface area contributed by atoms with Crippen molar-refractivity contribution in [3.05, 3.63) is 35.9 Å². The van der Waals surface area contributed by atoms with E-state index in [2.05, 4.69) is 35.2 Å². The van der Waals surface area contributed by atoms with Gasteiger partial charge in [-0.2, -0.15) is 0 Å². The Bertz CT molecular complexity index is 418. The van der Waals surface area contributed by atoms with Gasteiger partial charge in [-0.1, -0.05) is 30.3 Å². The van der Waals surface area contributed by atoms with Crippen LogP contribution in [0.3, 0.4) is 0 Å². The van der Waals surface area contributed by atoms with E-state index in [1.165, 1.54) is 31.2 Å². The van der Waals surface area contributed by atoms with E-state index in [0.29, 0.717) is 5.92 Å². The van der Waals surface area contributed by atoms with Gasteiger partial charge in [0.2, 0.25) is 0 Å². The summed E-state index contributed by atoms with van der Waals surface area (Å²) in [5, 5.41) is 0. The van der Waals surface area contributed by atoms with Crippen LogP contribution in [0.5, 0.6) is 0 Å². The number of hydrogen-bond acceptors (Lipinski definition) is 3. The molecule has 0 aromatic heterocycles. The highest BCUT2D eigenvalue weighted by Crippen LogP contribution is 2.40. The normalized spacial score (nSPS) is 31.8. The third kappa shape index (κ3) is 3.31. The summed E-state index contributed by atoms with van der Waals surface area (Å²) in [5.74, 6) is 0.717. The van der Waals surface area contributed by atoms with Crippen LogP contribution in [0.2, 0.25) is 0 Å². The molecular formula is C18H28N2O. The molecule has 116 valence electrons. The molecule has 2 N–H and O–H groups in total. The molecular weight excluding hydrogens is 260 g/mol. The highest BCUT2D eigenvalue weighted by atomic mass is 16.5. The lowest BCUT2D eigenvalue weighted by molar-refractivity contribution is 0.0471. The Hall–Kier alpha value is -0.900. The van der Waals surface area contributed by atoms with Crippen molar-refractivity contribution in [3.63, 3.8) is 0 Å². The molecule has 3 heteroatoms. The van der Waals surface area contributed by atoms with E-state index in [1.54, 1.807) is 0 Å². The van der Waals surface area contributed by atoms with Crippen molar-refractivity contribution in [2.24, 2.45) is 5.73 Å². The average Bonchev–Trinajstić information content (AvgIpc) is 2.85. The van der Waals surface area contributed by atoms with Crippen molar-refractivity contribution < 1.29 is 4.74 Å². The van der Waals surface area contributed by atoms with E-state index in [0.717, 1.165) is 39.3 Å². The Kier molecular flexibility index (Phi) is 4.94. The van der Waals surface area contributed by atoms with E-state index >= 15 is 0 Å². The molecule has 2 aliphatic rings. The van der Waals surface area contributed by atoms with Gasteiger partial charge < -0.3 is 10.5 Å². The minimum Gasteiger partial charge on any atom is -0.380 e. The highest BCUT2D eigenvalue weighted by molar-refractivity contribution is 5.20. The minimum atomic E-state index is 0.221. The standard InChI is InChI=1S/C18H28N2O/c19-15-18(20-11-4-13-21-14-12-20)9-7-17(8-10-18)16-5-2-1-3-6-16/h1-3,5-6,17H,4,7-15,19H2. The van der Waals surface area contributed by atoms with Gasteiger partial charge in [-0.15, -0.1) is 0 Å². The second-order valence-electron chi connectivity index (χ2n) is 6.57. The first-order chi connectivity index (χ1) is 10.3. The number of nitrogens with two attached hydrogens (primary N) is 1. The molecule has 0 radical (unpaired) electrons. The van der Waals surface area contributed by atoms with E-state index < -0.39 is 0 Å². The van der Waals surface area contributed by atoms with Crippen molar-refractivity contribution >= 4 is 0 Å². The Morgan fingerprint density at radius 1 is 1.10 bits per heavy atom. The molecule has 1 saturated heterocycles. The van der Waals surface area contributed by atoms with Crippen LogP contribution in [0.15, 0.2) is 30.3 Å². The summed E-state index contributed by atoms with van der Waals surface area (Å²) < 4.78 is 5.61. The zero-order chi connectivity index (χ0) is 14.5. The van der Waals surface area contributed by atoms with Gasteiger partial charge in [0.15, 0.2) is 0 Å². The second kappa shape index (κ2) is 6.91. The fourth-order valence-corrected chi connectivity index (χ4v) is 4.08. The molecule has 21 heavy (non-hydrogen) atoms. The average molecular weight is 288 g/mol. The smallest absolute Gasteiger partial charge is 0.0593 e. The van der Waals surface area contributed by atoms with Crippen molar-refractivity contribution in [2.45, 2.75) is 43.6 Å². The largest absolute Gasteiger partial charge is 0.380 e. The van der Waals surface area contributed by atoms with Gasteiger partial charge in [-0.05, 0) is 43.6 Å². The van der Waals surface area contributed by atoms with Gasteiger partial charge in [0.05, 0.1) is 6.61 Å². The topological polar surface area (TPSA) is 38.5 Å². The molecule has 1 aliphatic heterocycles. The van der Waals surface area contributed by atoms with E-state index in [1.807, 2.05) is 0 Å². The first kappa shape index (κ1) is 15.0. The molecule has 3 rings (SSSR count). The first-order valence-electron chi connectivity index (χ1n) is 8.42. The molecule has 0 amide bonds. The molecule has 1 heterocycles. The molecule has 1 aliphatic carbocycles. The van der Waals surface area contributed by atoms with Crippen LogP contribution in [0, 0.1) is 0 Å². The second-order valence-corrected chi connectivity index (χ2v) is 6.57. The number of hydrogen-bond donors (Lipinski definition) is 1. The summed E-state index contributed by atoms with van der Waals surface area (Å²) in [6, 6.07) is 11.0. The molecule has 1 aromatic carbocycles. The van der Waals surface area contributed by atoms with Gasteiger partial charge in [-0.3, -0.25) is 4.90 Å². The van der Waals surface area contributed by atoms with Gasteiger partial charge in [0, 0.05) is 31.8 Å². The monoisotopic (exact) mass is 288 g/mol. The Balaban J connectivity index is 1.66. The number of ether oxygens (including phenoxy) is 1. The SMILES string of the molecule is NCC1(N2CCCOCC2)CCC(c2ccccc2)CC1. The maximum atomic E-state index is 6.22. The highest BCUT2D eigenvalue weighted by Gasteiger charge is 2.39.